The van der Waals surface area contributed by atoms with Crippen molar-refractivity contribution in [1.29, 1.82) is 0 Å². The molecule has 2 heterocycles. The zero-order valence-corrected chi connectivity index (χ0v) is 12.8. The van der Waals surface area contributed by atoms with Gasteiger partial charge < -0.3 is 10.3 Å². The largest absolute Gasteiger partial charge is 0.326 e. The lowest BCUT2D eigenvalue weighted by molar-refractivity contribution is 0.650. The van der Waals surface area contributed by atoms with Gasteiger partial charge in [0.25, 0.3) is 0 Å². The zero-order chi connectivity index (χ0) is 15.0. The summed E-state index contributed by atoms with van der Waals surface area (Å²) in [6.45, 7) is 5.56. The quantitative estimate of drug-likeness (QED) is 0.800. The maximum Gasteiger partial charge on any atom is 0.159 e. The molecule has 2 aromatic heterocycles. The van der Waals surface area contributed by atoms with Crippen LogP contribution >= 0.6 is 0 Å². The summed E-state index contributed by atoms with van der Waals surface area (Å²) in [5, 5.41) is 4.62. The molecule has 5 nitrogen and oxygen atoms in total. The molecule has 0 bridgehead atoms. The number of hydrogen-bond acceptors (Lipinski definition) is 3. The van der Waals surface area contributed by atoms with E-state index in [1.165, 1.54) is 0 Å². The van der Waals surface area contributed by atoms with Crippen molar-refractivity contribution in [3.05, 3.63) is 35.5 Å². The van der Waals surface area contributed by atoms with Crippen LogP contribution in [0.4, 0.5) is 0 Å². The van der Waals surface area contributed by atoms with Crippen molar-refractivity contribution in [2.45, 2.75) is 33.4 Å². The fourth-order valence-corrected chi connectivity index (χ4v) is 2.73. The van der Waals surface area contributed by atoms with Crippen LogP contribution in [-0.4, -0.2) is 19.3 Å². The molecule has 3 rings (SSSR count). The third-order valence-electron chi connectivity index (χ3n) is 3.94. The second-order valence-electron chi connectivity index (χ2n) is 5.17. The van der Waals surface area contributed by atoms with Crippen LogP contribution in [0.5, 0.6) is 0 Å². The first-order chi connectivity index (χ1) is 10.2. The van der Waals surface area contributed by atoms with Crippen molar-refractivity contribution in [2.24, 2.45) is 12.8 Å². The molecule has 0 spiro atoms. The Bertz CT molecular complexity index is 781. The van der Waals surface area contributed by atoms with Crippen molar-refractivity contribution in [3.8, 4) is 11.5 Å². The SMILES string of the molecule is CCc1cc(-c2nc3c(CN)cccc3n2C)n(CC)n1. The summed E-state index contributed by atoms with van der Waals surface area (Å²) in [5.41, 5.74) is 11.2. The fraction of sp³-hybridized carbons (Fsp3) is 0.375. The average Bonchev–Trinajstić information content (AvgIpc) is 3.08. The van der Waals surface area contributed by atoms with Crippen LogP contribution in [0.25, 0.3) is 22.6 Å². The molecule has 0 aliphatic heterocycles. The van der Waals surface area contributed by atoms with Gasteiger partial charge in [0.05, 0.1) is 16.7 Å². The van der Waals surface area contributed by atoms with Gasteiger partial charge in [-0.3, -0.25) is 4.68 Å². The summed E-state index contributed by atoms with van der Waals surface area (Å²) in [7, 11) is 2.05. The number of hydrogen-bond donors (Lipinski definition) is 1. The van der Waals surface area contributed by atoms with Crippen LogP contribution in [0.15, 0.2) is 24.3 Å². The lowest BCUT2D eigenvalue weighted by Gasteiger charge is -2.04. The molecule has 0 aliphatic carbocycles. The second-order valence-corrected chi connectivity index (χ2v) is 5.17. The van der Waals surface area contributed by atoms with E-state index in [4.69, 9.17) is 10.7 Å². The van der Waals surface area contributed by atoms with Gasteiger partial charge in [-0.15, -0.1) is 0 Å². The third kappa shape index (κ3) is 2.14. The van der Waals surface area contributed by atoms with E-state index in [1.54, 1.807) is 0 Å². The highest BCUT2D eigenvalue weighted by Gasteiger charge is 2.16. The molecule has 0 saturated carbocycles. The van der Waals surface area contributed by atoms with E-state index in [2.05, 4.69) is 35.6 Å². The number of benzene rings is 1. The van der Waals surface area contributed by atoms with E-state index in [0.717, 1.165) is 46.8 Å². The first-order valence-electron chi connectivity index (χ1n) is 7.41. The smallest absolute Gasteiger partial charge is 0.159 e. The molecule has 5 heteroatoms. The summed E-state index contributed by atoms with van der Waals surface area (Å²) in [6.07, 6.45) is 0.929. The van der Waals surface area contributed by atoms with Gasteiger partial charge in [0.2, 0.25) is 0 Å². The average molecular weight is 283 g/mol. The first kappa shape index (κ1) is 13.8. The molecule has 0 unspecified atom stereocenters. The summed E-state index contributed by atoms with van der Waals surface area (Å²) in [4.78, 5) is 4.83. The number of fused-ring (bicyclic) bond motifs is 1. The highest BCUT2D eigenvalue weighted by Crippen LogP contribution is 2.26. The molecular formula is C16H21N5. The summed E-state index contributed by atoms with van der Waals surface area (Å²) in [5.74, 6) is 0.944. The maximum atomic E-state index is 5.83. The summed E-state index contributed by atoms with van der Waals surface area (Å²) >= 11 is 0. The minimum atomic E-state index is 0.501. The van der Waals surface area contributed by atoms with Gasteiger partial charge in [-0.25, -0.2) is 4.98 Å². The molecule has 0 aliphatic rings. The Labute approximate surface area is 124 Å². The van der Waals surface area contributed by atoms with E-state index in [-0.39, 0.29) is 0 Å². The van der Waals surface area contributed by atoms with Gasteiger partial charge in [-0.1, -0.05) is 19.1 Å². The number of imidazole rings is 1. The van der Waals surface area contributed by atoms with Crippen molar-refractivity contribution >= 4 is 11.0 Å². The van der Waals surface area contributed by atoms with Crippen molar-refractivity contribution in [2.75, 3.05) is 0 Å². The molecule has 1 aromatic carbocycles. The monoisotopic (exact) mass is 283 g/mol. The fourth-order valence-electron chi connectivity index (χ4n) is 2.73. The number of aryl methyl sites for hydroxylation is 3. The topological polar surface area (TPSA) is 61.7 Å². The van der Waals surface area contributed by atoms with Crippen LogP contribution in [0.1, 0.15) is 25.1 Å². The van der Waals surface area contributed by atoms with E-state index < -0.39 is 0 Å². The molecule has 3 aromatic rings. The van der Waals surface area contributed by atoms with Crippen molar-refractivity contribution in [3.63, 3.8) is 0 Å². The Balaban J connectivity index is 2.25. The lowest BCUT2D eigenvalue weighted by atomic mass is 10.2. The van der Waals surface area contributed by atoms with E-state index in [1.807, 2.05) is 23.9 Å². The second kappa shape index (κ2) is 5.33. The maximum absolute atomic E-state index is 5.83. The van der Waals surface area contributed by atoms with Crippen molar-refractivity contribution in [1.82, 2.24) is 19.3 Å². The molecule has 0 atom stereocenters. The van der Waals surface area contributed by atoms with Gasteiger partial charge >= 0.3 is 0 Å². The highest BCUT2D eigenvalue weighted by atomic mass is 15.3. The van der Waals surface area contributed by atoms with Crippen molar-refractivity contribution < 1.29 is 0 Å². The molecule has 0 fully saturated rings. The van der Waals surface area contributed by atoms with Crippen LogP contribution in [0, 0.1) is 0 Å². The Kier molecular flexibility index (Phi) is 3.51. The highest BCUT2D eigenvalue weighted by molar-refractivity contribution is 5.83. The van der Waals surface area contributed by atoms with Gasteiger partial charge in [-0.2, -0.15) is 5.10 Å². The van der Waals surface area contributed by atoms with Gasteiger partial charge in [0, 0.05) is 20.1 Å². The number of nitrogens with zero attached hydrogens (tertiary/aromatic N) is 4. The molecule has 0 amide bonds. The molecule has 110 valence electrons. The number of nitrogens with two attached hydrogens (primary N) is 1. The predicted octanol–water partition coefficient (Wildman–Crippen LogP) is 2.48. The Morgan fingerprint density at radius 2 is 2.05 bits per heavy atom. The first-order valence-corrected chi connectivity index (χ1v) is 7.41. The molecule has 2 N–H and O–H groups in total. The van der Waals surface area contributed by atoms with Gasteiger partial charge in [0.15, 0.2) is 5.82 Å². The molecule has 0 radical (unpaired) electrons. The minimum absolute atomic E-state index is 0.501. The van der Waals surface area contributed by atoms with Gasteiger partial charge in [0.1, 0.15) is 5.69 Å². The summed E-state index contributed by atoms with van der Waals surface area (Å²) in [6, 6.07) is 8.28. The van der Waals surface area contributed by atoms with Crippen LogP contribution < -0.4 is 5.73 Å². The minimum Gasteiger partial charge on any atom is -0.326 e. The number of aromatic nitrogens is 4. The van der Waals surface area contributed by atoms with Crippen LogP contribution in [0.2, 0.25) is 0 Å². The summed E-state index contributed by atoms with van der Waals surface area (Å²) < 4.78 is 4.14. The predicted molar refractivity (Wildman–Crippen MR) is 84.9 cm³/mol. The number of para-hydroxylation sites is 1. The Morgan fingerprint density at radius 3 is 2.71 bits per heavy atom. The Hall–Kier alpha value is -2.14. The van der Waals surface area contributed by atoms with Crippen LogP contribution in [-0.2, 0) is 26.6 Å². The normalized spacial score (nSPS) is 11.4. The van der Waals surface area contributed by atoms with Gasteiger partial charge in [-0.05, 0) is 31.0 Å². The van der Waals surface area contributed by atoms with E-state index in [0.29, 0.717) is 6.54 Å². The molecular weight excluding hydrogens is 262 g/mol. The van der Waals surface area contributed by atoms with E-state index >= 15 is 0 Å². The molecule has 21 heavy (non-hydrogen) atoms. The van der Waals surface area contributed by atoms with E-state index in [9.17, 15) is 0 Å². The zero-order valence-electron chi connectivity index (χ0n) is 12.8. The standard InChI is InChI=1S/C16H21N5/c1-4-12-9-14(21(5-2)19-12)16-18-15-11(10-17)7-6-8-13(15)20(16)3/h6-9H,4-5,10,17H2,1-3H3. The molecule has 0 saturated heterocycles. The number of rotatable bonds is 4. The lowest BCUT2D eigenvalue weighted by Crippen LogP contribution is -2.03. The van der Waals surface area contributed by atoms with Crippen LogP contribution in [0.3, 0.4) is 0 Å². The Morgan fingerprint density at radius 1 is 1.24 bits per heavy atom. The third-order valence-corrected chi connectivity index (χ3v) is 3.94.